The summed E-state index contributed by atoms with van der Waals surface area (Å²) in [6.45, 7) is 4.08. The fourth-order valence-electron chi connectivity index (χ4n) is 2.49. The number of nitrogens with one attached hydrogen (secondary N) is 2. The van der Waals surface area contributed by atoms with Gasteiger partial charge in [0.05, 0.1) is 17.4 Å². The minimum absolute atomic E-state index is 0.0545. The molecular formula is C16H14N6O3S2. The molecule has 0 spiro atoms. The molecule has 11 heteroatoms. The van der Waals surface area contributed by atoms with Crippen LogP contribution in [0.1, 0.15) is 21.0 Å². The average Bonchev–Trinajstić information content (AvgIpc) is 3.38. The number of carbonyl (C=O) groups is 2. The van der Waals surface area contributed by atoms with E-state index in [1.54, 1.807) is 28.1 Å². The fourth-order valence-corrected chi connectivity index (χ4v) is 4.18. The molecule has 138 valence electrons. The first-order valence-corrected chi connectivity index (χ1v) is 9.69. The van der Waals surface area contributed by atoms with Crippen LogP contribution in [0.3, 0.4) is 0 Å². The van der Waals surface area contributed by atoms with E-state index < -0.39 is 5.91 Å². The number of carbonyl (C=O) groups excluding carboxylic acids is 2. The molecule has 0 aliphatic rings. The van der Waals surface area contributed by atoms with Crippen LogP contribution in [0.4, 0.5) is 0 Å². The van der Waals surface area contributed by atoms with E-state index in [2.05, 4.69) is 26.0 Å². The lowest BCUT2D eigenvalue weighted by Gasteiger charge is -2.05. The van der Waals surface area contributed by atoms with Crippen LogP contribution in [0, 0.1) is 13.8 Å². The van der Waals surface area contributed by atoms with Gasteiger partial charge in [-0.15, -0.1) is 21.5 Å². The number of aromatic nitrogens is 4. The molecule has 0 aliphatic carbocycles. The second kappa shape index (κ2) is 7.00. The molecule has 2 amide bonds. The van der Waals surface area contributed by atoms with Gasteiger partial charge in [0.25, 0.3) is 0 Å². The summed E-state index contributed by atoms with van der Waals surface area (Å²) in [5, 5.41) is 9.95. The van der Waals surface area contributed by atoms with Gasteiger partial charge in [-0.25, -0.2) is 4.98 Å². The number of thiophene rings is 1. The van der Waals surface area contributed by atoms with Crippen molar-refractivity contribution in [1.82, 2.24) is 30.4 Å². The van der Waals surface area contributed by atoms with Gasteiger partial charge in [0.15, 0.2) is 16.6 Å². The molecule has 0 aromatic carbocycles. The third-order valence-electron chi connectivity index (χ3n) is 3.94. The lowest BCUT2D eigenvalue weighted by atomic mass is 10.2. The molecule has 0 bridgehead atoms. The number of hydrogen-bond donors (Lipinski definition) is 2. The number of hydrogen-bond acceptors (Lipinski definition) is 8. The Labute approximate surface area is 161 Å². The van der Waals surface area contributed by atoms with Gasteiger partial charge in [-0.05, 0) is 31.5 Å². The van der Waals surface area contributed by atoms with Crippen LogP contribution in [0.2, 0.25) is 0 Å². The molecule has 0 aliphatic heterocycles. The number of hydrazine groups is 1. The van der Waals surface area contributed by atoms with Gasteiger partial charge in [-0.1, -0.05) is 11.8 Å². The Morgan fingerprint density at radius 2 is 2.15 bits per heavy atom. The first-order chi connectivity index (χ1) is 13.0. The number of furan rings is 1. The summed E-state index contributed by atoms with van der Waals surface area (Å²) in [6, 6.07) is 3.09. The number of fused-ring (bicyclic) bond motifs is 3. The highest BCUT2D eigenvalue weighted by Crippen LogP contribution is 2.31. The second-order valence-corrected chi connectivity index (χ2v) is 7.80. The average molecular weight is 402 g/mol. The molecule has 0 radical (unpaired) electrons. The maximum Gasteiger partial charge on any atom is 0.305 e. The summed E-state index contributed by atoms with van der Waals surface area (Å²) in [7, 11) is 0. The molecule has 4 aromatic heterocycles. The predicted molar refractivity (Wildman–Crippen MR) is 101 cm³/mol. The van der Waals surface area contributed by atoms with E-state index >= 15 is 0 Å². The highest BCUT2D eigenvalue weighted by Gasteiger charge is 2.16. The molecule has 2 N–H and O–H groups in total. The predicted octanol–water partition coefficient (Wildman–Crippen LogP) is 2.10. The van der Waals surface area contributed by atoms with Crippen LogP contribution in [-0.2, 0) is 4.79 Å². The number of amides is 2. The molecule has 0 atom stereocenters. The SMILES string of the molecule is Cc1sc2ncn3c(SCC(=O)NNC(=O)c4ccco4)nnc3c2c1C. The van der Waals surface area contributed by atoms with Gasteiger partial charge in [-0.2, -0.15) is 0 Å². The van der Waals surface area contributed by atoms with Crippen LogP contribution in [0.5, 0.6) is 0 Å². The number of rotatable bonds is 4. The van der Waals surface area contributed by atoms with E-state index in [-0.39, 0.29) is 17.4 Å². The first kappa shape index (κ1) is 17.5. The zero-order valence-electron chi connectivity index (χ0n) is 14.3. The zero-order chi connectivity index (χ0) is 19.0. The van der Waals surface area contributed by atoms with Gasteiger partial charge in [0, 0.05) is 4.88 Å². The molecule has 27 heavy (non-hydrogen) atoms. The Kier molecular flexibility index (Phi) is 4.54. The molecular weight excluding hydrogens is 388 g/mol. The monoisotopic (exact) mass is 402 g/mol. The van der Waals surface area contributed by atoms with E-state index in [1.165, 1.54) is 29.0 Å². The summed E-state index contributed by atoms with van der Waals surface area (Å²) in [5.41, 5.74) is 6.47. The normalized spacial score (nSPS) is 11.2. The van der Waals surface area contributed by atoms with E-state index in [9.17, 15) is 9.59 Å². The molecule has 0 saturated carbocycles. The number of aryl methyl sites for hydroxylation is 2. The van der Waals surface area contributed by atoms with Crippen molar-refractivity contribution in [1.29, 1.82) is 0 Å². The van der Waals surface area contributed by atoms with Crippen LogP contribution in [0.25, 0.3) is 15.9 Å². The van der Waals surface area contributed by atoms with Crippen molar-refractivity contribution in [2.75, 3.05) is 5.75 Å². The quantitative estimate of drug-likeness (QED) is 0.397. The first-order valence-electron chi connectivity index (χ1n) is 7.89. The van der Waals surface area contributed by atoms with Crippen molar-refractivity contribution in [3.05, 3.63) is 40.9 Å². The van der Waals surface area contributed by atoms with Crippen molar-refractivity contribution in [2.24, 2.45) is 0 Å². The third-order valence-corrected chi connectivity index (χ3v) is 6.00. The Morgan fingerprint density at radius 1 is 1.30 bits per heavy atom. The fraction of sp³-hybridized carbons (Fsp3) is 0.188. The highest BCUT2D eigenvalue weighted by molar-refractivity contribution is 7.99. The Bertz CT molecular complexity index is 1150. The zero-order valence-corrected chi connectivity index (χ0v) is 16.0. The van der Waals surface area contributed by atoms with Crippen LogP contribution >= 0.6 is 23.1 Å². The van der Waals surface area contributed by atoms with Crippen molar-refractivity contribution < 1.29 is 14.0 Å². The largest absolute Gasteiger partial charge is 0.459 e. The standard InChI is InChI=1S/C16H14N6O3S2/c1-8-9(2)27-15-12(8)13-19-21-16(22(13)7-17-15)26-6-11(23)18-20-14(24)10-4-3-5-25-10/h3-5,7H,6H2,1-2H3,(H,18,23)(H,20,24). The number of thioether (sulfide) groups is 1. The molecule has 4 heterocycles. The van der Waals surface area contributed by atoms with Crippen molar-refractivity contribution >= 4 is 50.8 Å². The molecule has 4 aromatic rings. The molecule has 9 nitrogen and oxygen atoms in total. The lowest BCUT2D eigenvalue weighted by molar-refractivity contribution is -0.119. The summed E-state index contributed by atoms with van der Waals surface area (Å²) >= 11 is 2.82. The van der Waals surface area contributed by atoms with Gasteiger partial charge < -0.3 is 4.42 Å². The summed E-state index contributed by atoms with van der Waals surface area (Å²) in [6.07, 6.45) is 3.04. The van der Waals surface area contributed by atoms with E-state index in [0.717, 1.165) is 21.4 Å². The Morgan fingerprint density at radius 3 is 2.93 bits per heavy atom. The smallest absolute Gasteiger partial charge is 0.305 e. The van der Waals surface area contributed by atoms with E-state index in [4.69, 9.17) is 4.42 Å². The minimum Gasteiger partial charge on any atom is -0.459 e. The van der Waals surface area contributed by atoms with Gasteiger partial charge in [0.2, 0.25) is 5.91 Å². The van der Waals surface area contributed by atoms with Gasteiger partial charge in [0.1, 0.15) is 11.2 Å². The molecule has 0 saturated heterocycles. The molecule has 0 fully saturated rings. The van der Waals surface area contributed by atoms with Crippen molar-refractivity contribution in [3.8, 4) is 0 Å². The number of nitrogens with zero attached hydrogens (tertiary/aromatic N) is 4. The molecule has 4 rings (SSSR count). The maximum atomic E-state index is 12.0. The highest BCUT2D eigenvalue weighted by atomic mass is 32.2. The topological polar surface area (TPSA) is 114 Å². The second-order valence-electron chi connectivity index (χ2n) is 5.65. The third kappa shape index (κ3) is 3.26. The Balaban J connectivity index is 1.44. The van der Waals surface area contributed by atoms with Crippen LogP contribution in [-0.4, -0.2) is 37.1 Å². The summed E-state index contributed by atoms with van der Waals surface area (Å²) in [5.74, 6) is -0.740. The lowest BCUT2D eigenvalue weighted by Crippen LogP contribution is -2.42. The van der Waals surface area contributed by atoms with E-state index in [0.29, 0.717) is 5.16 Å². The van der Waals surface area contributed by atoms with Crippen molar-refractivity contribution in [3.63, 3.8) is 0 Å². The van der Waals surface area contributed by atoms with Crippen molar-refractivity contribution in [2.45, 2.75) is 19.0 Å². The van der Waals surface area contributed by atoms with Gasteiger partial charge in [-0.3, -0.25) is 24.8 Å². The van der Waals surface area contributed by atoms with Crippen LogP contribution < -0.4 is 10.9 Å². The minimum atomic E-state index is -0.527. The molecule has 0 unspecified atom stereocenters. The van der Waals surface area contributed by atoms with Gasteiger partial charge >= 0.3 is 5.91 Å². The maximum absolute atomic E-state index is 12.0. The summed E-state index contributed by atoms with van der Waals surface area (Å²) in [4.78, 5) is 30.3. The van der Waals surface area contributed by atoms with E-state index in [1.807, 2.05) is 13.8 Å². The van der Waals surface area contributed by atoms with Crippen LogP contribution in [0.15, 0.2) is 34.3 Å². The Hall–Kier alpha value is -2.92. The summed E-state index contributed by atoms with van der Waals surface area (Å²) < 4.78 is 6.71.